The van der Waals surface area contributed by atoms with E-state index >= 15 is 0 Å². The summed E-state index contributed by atoms with van der Waals surface area (Å²) in [5.41, 5.74) is 1.63. The molecule has 1 N–H and O–H groups in total. The van der Waals surface area contributed by atoms with Crippen LogP contribution in [0.4, 0.5) is 5.69 Å². The van der Waals surface area contributed by atoms with Crippen LogP contribution in [0.15, 0.2) is 52.4 Å². The predicted molar refractivity (Wildman–Crippen MR) is 110 cm³/mol. The third-order valence-corrected chi connectivity index (χ3v) is 5.27. The minimum atomic E-state index is -0.174. The maximum Gasteiger partial charge on any atom is 0.264 e. The van der Waals surface area contributed by atoms with E-state index < -0.39 is 0 Å². The van der Waals surface area contributed by atoms with Crippen molar-refractivity contribution in [1.82, 2.24) is 5.32 Å². The Balaban J connectivity index is 1.88. The van der Waals surface area contributed by atoms with Crippen LogP contribution in [0.25, 0.3) is 6.08 Å². The molecule has 0 saturated carbocycles. The first-order chi connectivity index (χ1) is 12.1. The van der Waals surface area contributed by atoms with E-state index in [0.717, 1.165) is 14.8 Å². The zero-order valence-corrected chi connectivity index (χ0v) is 16.6. The Kier molecular flexibility index (Phi) is 5.64. The van der Waals surface area contributed by atoms with Crippen molar-refractivity contribution in [2.45, 2.75) is 0 Å². The number of para-hydroxylation sites is 1. The van der Waals surface area contributed by atoms with Gasteiger partial charge in [0.15, 0.2) is 5.17 Å². The lowest BCUT2D eigenvalue weighted by molar-refractivity contribution is -0.115. The molecule has 128 valence electrons. The lowest BCUT2D eigenvalue weighted by atomic mass is 10.1. The van der Waals surface area contributed by atoms with Gasteiger partial charge >= 0.3 is 0 Å². The Labute approximate surface area is 163 Å². The number of hydrogen-bond acceptors (Lipinski definition) is 5. The van der Waals surface area contributed by atoms with E-state index in [2.05, 4.69) is 32.9 Å². The Morgan fingerprint density at radius 3 is 2.68 bits per heavy atom. The fourth-order valence-electron chi connectivity index (χ4n) is 2.21. The molecule has 0 aliphatic carbocycles. The first-order valence-electron chi connectivity index (χ1n) is 7.37. The number of carbonyl (C=O) groups is 1. The summed E-state index contributed by atoms with van der Waals surface area (Å²) in [5.74, 6) is 1.17. The lowest BCUT2D eigenvalue weighted by Crippen LogP contribution is -2.19. The Morgan fingerprint density at radius 2 is 1.96 bits per heavy atom. The Bertz CT molecular complexity index is 880. The van der Waals surface area contributed by atoms with Crippen molar-refractivity contribution >= 4 is 57.2 Å². The molecule has 1 amide bonds. The molecule has 0 radical (unpaired) electrons. The topological polar surface area (TPSA) is 59.9 Å². The molecule has 1 fully saturated rings. The van der Waals surface area contributed by atoms with Crippen LogP contribution in [-0.2, 0) is 4.79 Å². The van der Waals surface area contributed by atoms with E-state index in [1.54, 1.807) is 26.4 Å². The van der Waals surface area contributed by atoms with E-state index in [-0.39, 0.29) is 5.91 Å². The van der Waals surface area contributed by atoms with Crippen molar-refractivity contribution in [3.63, 3.8) is 0 Å². The number of rotatable bonds is 4. The number of carbonyl (C=O) groups excluding carboxylic acids is 1. The van der Waals surface area contributed by atoms with E-state index in [9.17, 15) is 4.79 Å². The first kappa shape index (κ1) is 17.8. The molecule has 0 aromatic heterocycles. The molecule has 0 spiro atoms. The van der Waals surface area contributed by atoms with Crippen LogP contribution in [0.2, 0.25) is 0 Å². The number of amides is 1. The first-order valence-corrected chi connectivity index (χ1v) is 9.26. The number of ether oxygens (including phenoxy) is 2. The number of hydrogen-bond donors (Lipinski definition) is 1. The highest BCUT2D eigenvalue weighted by Gasteiger charge is 2.24. The fraction of sp³-hybridized carbons (Fsp3) is 0.111. The Morgan fingerprint density at radius 1 is 1.16 bits per heavy atom. The molecule has 0 atom stereocenters. The van der Waals surface area contributed by atoms with Gasteiger partial charge in [0.05, 0.1) is 24.8 Å². The van der Waals surface area contributed by atoms with Crippen molar-refractivity contribution in [1.29, 1.82) is 0 Å². The van der Waals surface area contributed by atoms with Crippen molar-refractivity contribution in [3.05, 3.63) is 56.5 Å². The lowest BCUT2D eigenvalue weighted by Gasteiger charge is -2.07. The van der Waals surface area contributed by atoms with Gasteiger partial charge in [-0.3, -0.25) is 4.79 Å². The molecular weight excluding hydrogens is 451 g/mol. The molecule has 2 aromatic rings. The summed E-state index contributed by atoms with van der Waals surface area (Å²) in [4.78, 5) is 17.3. The number of benzene rings is 2. The molecule has 25 heavy (non-hydrogen) atoms. The summed E-state index contributed by atoms with van der Waals surface area (Å²) in [6.07, 6.45) is 1.79. The van der Waals surface area contributed by atoms with Crippen LogP contribution in [-0.4, -0.2) is 25.3 Å². The van der Waals surface area contributed by atoms with E-state index in [4.69, 9.17) is 9.47 Å². The van der Waals surface area contributed by atoms with Gasteiger partial charge in [-0.2, -0.15) is 0 Å². The van der Waals surface area contributed by atoms with E-state index in [1.165, 1.54) is 11.8 Å². The second-order valence-corrected chi connectivity index (χ2v) is 7.23. The monoisotopic (exact) mass is 466 g/mol. The molecule has 1 saturated heterocycles. The highest BCUT2D eigenvalue weighted by atomic mass is 127. The summed E-state index contributed by atoms with van der Waals surface area (Å²) in [7, 11) is 3.18. The van der Waals surface area contributed by atoms with Crippen LogP contribution >= 0.6 is 34.4 Å². The number of halogens is 1. The molecular formula is C18H15IN2O3S. The summed E-state index contributed by atoms with van der Waals surface area (Å²) in [5, 5.41) is 3.36. The molecule has 0 unspecified atom stereocenters. The minimum Gasteiger partial charge on any atom is -0.497 e. The highest BCUT2D eigenvalue weighted by molar-refractivity contribution is 14.1. The minimum absolute atomic E-state index is 0.174. The van der Waals surface area contributed by atoms with Crippen LogP contribution in [0, 0.1) is 3.57 Å². The number of aliphatic imine (C=N–C) groups is 1. The molecule has 3 rings (SSSR count). The van der Waals surface area contributed by atoms with Gasteiger partial charge in [-0.15, -0.1) is 0 Å². The number of thioether (sulfide) groups is 1. The number of nitrogens with one attached hydrogen (secondary N) is 1. The SMILES string of the molecule is COc1ccc(/C=C2/SC(=Nc3ccccc3I)NC2=O)c(OC)c1. The highest BCUT2D eigenvalue weighted by Crippen LogP contribution is 2.32. The maximum atomic E-state index is 12.2. The van der Waals surface area contributed by atoms with Crippen LogP contribution in [0.5, 0.6) is 11.5 Å². The second-order valence-electron chi connectivity index (χ2n) is 5.04. The summed E-state index contributed by atoms with van der Waals surface area (Å²) < 4.78 is 11.6. The standard InChI is InChI=1S/C18H15IN2O3S/c1-23-12-8-7-11(15(10-12)24-2)9-16-17(22)21-18(25-16)20-14-6-4-3-5-13(14)19/h3-10H,1-2H3,(H,20,21,22)/b16-9+. The molecule has 1 aliphatic rings. The summed E-state index contributed by atoms with van der Waals surface area (Å²) in [6.45, 7) is 0. The second kappa shape index (κ2) is 7.92. The van der Waals surface area contributed by atoms with E-state index in [0.29, 0.717) is 21.6 Å². The van der Waals surface area contributed by atoms with Gasteiger partial charge in [0.25, 0.3) is 5.91 Å². The van der Waals surface area contributed by atoms with Crippen molar-refractivity contribution in [3.8, 4) is 11.5 Å². The molecule has 2 aromatic carbocycles. The smallest absolute Gasteiger partial charge is 0.264 e. The maximum absolute atomic E-state index is 12.2. The molecule has 7 heteroatoms. The average Bonchev–Trinajstić information content (AvgIpc) is 2.96. The van der Waals surface area contributed by atoms with Crippen molar-refractivity contribution in [2.75, 3.05) is 14.2 Å². The van der Waals surface area contributed by atoms with Gasteiger partial charge in [-0.05, 0) is 64.7 Å². The molecule has 5 nitrogen and oxygen atoms in total. The molecule has 0 bridgehead atoms. The molecule has 1 aliphatic heterocycles. The van der Waals surface area contributed by atoms with Gasteiger partial charge in [-0.25, -0.2) is 4.99 Å². The number of nitrogens with zero attached hydrogens (tertiary/aromatic N) is 1. The number of methoxy groups -OCH3 is 2. The van der Waals surface area contributed by atoms with Crippen LogP contribution < -0.4 is 14.8 Å². The van der Waals surface area contributed by atoms with Gasteiger partial charge in [0.2, 0.25) is 0 Å². The molecule has 1 heterocycles. The zero-order valence-electron chi connectivity index (χ0n) is 13.6. The van der Waals surface area contributed by atoms with Crippen molar-refractivity contribution in [2.24, 2.45) is 4.99 Å². The third kappa shape index (κ3) is 4.16. The normalized spacial score (nSPS) is 17.0. The van der Waals surface area contributed by atoms with E-state index in [1.807, 2.05) is 36.4 Å². The quantitative estimate of drug-likeness (QED) is 0.542. The van der Waals surface area contributed by atoms with Crippen LogP contribution in [0.3, 0.4) is 0 Å². The predicted octanol–water partition coefficient (Wildman–Crippen LogP) is 4.20. The number of amidine groups is 1. The van der Waals surface area contributed by atoms with Gasteiger partial charge < -0.3 is 14.8 Å². The van der Waals surface area contributed by atoms with Crippen LogP contribution in [0.1, 0.15) is 5.56 Å². The largest absolute Gasteiger partial charge is 0.497 e. The van der Waals surface area contributed by atoms with Crippen molar-refractivity contribution < 1.29 is 14.3 Å². The van der Waals surface area contributed by atoms with Gasteiger partial charge in [-0.1, -0.05) is 12.1 Å². The zero-order chi connectivity index (χ0) is 17.8. The average molecular weight is 466 g/mol. The fourth-order valence-corrected chi connectivity index (χ4v) is 3.54. The third-order valence-electron chi connectivity index (χ3n) is 3.45. The summed E-state index contributed by atoms with van der Waals surface area (Å²) >= 11 is 3.53. The summed E-state index contributed by atoms with van der Waals surface area (Å²) in [6, 6.07) is 13.2. The van der Waals surface area contributed by atoms with Gasteiger partial charge in [0.1, 0.15) is 11.5 Å². The Hall–Kier alpha value is -2.00. The van der Waals surface area contributed by atoms with Gasteiger partial charge in [0, 0.05) is 15.2 Å².